The van der Waals surface area contributed by atoms with E-state index in [1.807, 2.05) is 24.3 Å². The Hall–Kier alpha value is -1.96. The average molecular weight is 326 g/mol. The third-order valence-electron chi connectivity index (χ3n) is 4.82. The molecule has 2 nitrogen and oxygen atoms in total. The first-order valence-electron chi connectivity index (χ1n) is 9.23. The quantitative estimate of drug-likeness (QED) is 0.564. The van der Waals surface area contributed by atoms with Gasteiger partial charge in [0.15, 0.2) is 0 Å². The molecule has 2 aromatic rings. The van der Waals surface area contributed by atoms with E-state index in [9.17, 15) is 10.2 Å². The topological polar surface area (TPSA) is 40.5 Å². The van der Waals surface area contributed by atoms with E-state index >= 15 is 0 Å². The zero-order valence-electron chi connectivity index (χ0n) is 14.9. The van der Waals surface area contributed by atoms with E-state index < -0.39 is 0 Å². The molecule has 2 atom stereocenters. The van der Waals surface area contributed by atoms with Gasteiger partial charge in [0.25, 0.3) is 0 Å². The van der Waals surface area contributed by atoms with Crippen LogP contribution in [0.1, 0.15) is 75.3 Å². The Labute approximate surface area is 146 Å². The summed E-state index contributed by atoms with van der Waals surface area (Å²) in [6.07, 6.45) is 6.86. The summed E-state index contributed by atoms with van der Waals surface area (Å²) >= 11 is 0. The molecule has 0 aliphatic heterocycles. The van der Waals surface area contributed by atoms with Gasteiger partial charge in [0, 0.05) is 0 Å². The zero-order valence-corrected chi connectivity index (χ0v) is 14.9. The van der Waals surface area contributed by atoms with Crippen molar-refractivity contribution in [2.45, 2.75) is 64.2 Å². The van der Waals surface area contributed by atoms with Crippen LogP contribution in [0.4, 0.5) is 0 Å². The first kappa shape index (κ1) is 18.4. The van der Waals surface area contributed by atoms with Crippen LogP contribution in [0.5, 0.6) is 11.5 Å². The van der Waals surface area contributed by atoms with Gasteiger partial charge in [-0.15, -0.1) is 0 Å². The first-order valence-corrected chi connectivity index (χ1v) is 9.23. The summed E-state index contributed by atoms with van der Waals surface area (Å²) in [5.74, 6) is 1.40. The molecule has 0 aliphatic rings. The monoisotopic (exact) mass is 326 g/mol. The number of phenols is 2. The largest absolute Gasteiger partial charge is 0.508 e. The molecule has 0 saturated heterocycles. The van der Waals surface area contributed by atoms with Gasteiger partial charge < -0.3 is 10.2 Å². The van der Waals surface area contributed by atoms with E-state index in [4.69, 9.17) is 0 Å². The third-order valence-corrected chi connectivity index (χ3v) is 4.82. The minimum atomic E-state index is 0.333. The SMILES string of the molecule is CCCCC(c1cccc(O)c1)C(CCCC)c1cccc(O)c1. The van der Waals surface area contributed by atoms with Gasteiger partial charge in [0.05, 0.1) is 0 Å². The molecule has 0 spiro atoms. The molecule has 0 amide bonds. The zero-order chi connectivity index (χ0) is 17.4. The maximum atomic E-state index is 9.92. The first-order chi connectivity index (χ1) is 11.7. The molecular formula is C22H30O2. The molecule has 0 bridgehead atoms. The highest BCUT2D eigenvalue weighted by atomic mass is 16.3. The number of aromatic hydroxyl groups is 2. The van der Waals surface area contributed by atoms with Crippen molar-refractivity contribution >= 4 is 0 Å². The van der Waals surface area contributed by atoms with Crippen LogP contribution >= 0.6 is 0 Å². The van der Waals surface area contributed by atoms with Crippen LogP contribution in [0.15, 0.2) is 48.5 Å². The van der Waals surface area contributed by atoms with Gasteiger partial charge in [-0.25, -0.2) is 0 Å². The summed E-state index contributed by atoms with van der Waals surface area (Å²) in [6.45, 7) is 4.43. The van der Waals surface area contributed by atoms with Crippen molar-refractivity contribution in [2.75, 3.05) is 0 Å². The van der Waals surface area contributed by atoms with Crippen LogP contribution in [0.3, 0.4) is 0 Å². The highest BCUT2D eigenvalue weighted by molar-refractivity contribution is 5.36. The lowest BCUT2D eigenvalue weighted by Gasteiger charge is -2.28. The molecule has 2 N–H and O–H groups in total. The Morgan fingerprint density at radius 3 is 1.46 bits per heavy atom. The molecular weight excluding hydrogens is 296 g/mol. The molecule has 0 fully saturated rings. The Morgan fingerprint density at radius 2 is 1.12 bits per heavy atom. The molecule has 2 unspecified atom stereocenters. The minimum absolute atomic E-state index is 0.333. The van der Waals surface area contributed by atoms with Gasteiger partial charge in [0.2, 0.25) is 0 Å². The van der Waals surface area contributed by atoms with E-state index in [-0.39, 0.29) is 0 Å². The number of hydrogen-bond donors (Lipinski definition) is 2. The van der Waals surface area contributed by atoms with Gasteiger partial charge in [-0.1, -0.05) is 63.8 Å². The van der Waals surface area contributed by atoms with Crippen molar-refractivity contribution in [1.82, 2.24) is 0 Å². The second-order valence-electron chi connectivity index (χ2n) is 6.69. The van der Waals surface area contributed by atoms with E-state index in [2.05, 4.69) is 26.0 Å². The van der Waals surface area contributed by atoms with E-state index in [1.165, 1.54) is 24.0 Å². The summed E-state index contributed by atoms with van der Waals surface area (Å²) in [5.41, 5.74) is 2.40. The van der Waals surface area contributed by atoms with Gasteiger partial charge in [-0.05, 0) is 60.1 Å². The third kappa shape index (κ3) is 5.02. The van der Waals surface area contributed by atoms with Crippen molar-refractivity contribution in [2.24, 2.45) is 0 Å². The van der Waals surface area contributed by atoms with E-state index in [0.29, 0.717) is 23.3 Å². The highest BCUT2D eigenvalue weighted by Crippen LogP contribution is 2.41. The molecule has 0 aromatic heterocycles. The number of hydrogen-bond acceptors (Lipinski definition) is 2. The fourth-order valence-electron chi connectivity index (χ4n) is 3.56. The minimum Gasteiger partial charge on any atom is -0.508 e. The number of unbranched alkanes of at least 4 members (excludes halogenated alkanes) is 2. The molecule has 0 heterocycles. The van der Waals surface area contributed by atoms with Crippen LogP contribution < -0.4 is 0 Å². The molecule has 24 heavy (non-hydrogen) atoms. The van der Waals surface area contributed by atoms with Crippen LogP contribution in [-0.2, 0) is 0 Å². The number of benzene rings is 2. The Morgan fingerprint density at radius 1 is 0.708 bits per heavy atom. The molecule has 130 valence electrons. The van der Waals surface area contributed by atoms with Crippen molar-refractivity contribution in [1.29, 1.82) is 0 Å². The maximum absolute atomic E-state index is 9.92. The van der Waals surface area contributed by atoms with Crippen molar-refractivity contribution in [3.63, 3.8) is 0 Å². The maximum Gasteiger partial charge on any atom is 0.115 e. The standard InChI is InChI=1S/C22H30O2/c1-3-5-13-21(17-9-7-11-19(23)15-17)22(14-6-4-2)18-10-8-12-20(24)16-18/h7-12,15-16,21-24H,3-6,13-14H2,1-2H3. The molecule has 2 aromatic carbocycles. The second kappa shape index (κ2) is 9.36. The van der Waals surface area contributed by atoms with Gasteiger partial charge in [0.1, 0.15) is 11.5 Å². The lowest BCUT2D eigenvalue weighted by atomic mass is 9.76. The Bertz CT molecular complexity index is 565. The smallest absolute Gasteiger partial charge is 0.115 e. The molecule has 0 radical (unpaired) electrons. The summed E-state index contributed by atoms with van der Waals surface area (Å²) < 4.78 is 0. The van der Waals surface area contributed by atoms with Gasteiger partial charge in [-0.3, -0.25) is 0 Å². The molecule has 2 rings (SSSR count). The van der Waals surface area contributed by atoms with Crippen molar-refractivity contribution in [3.05, 3.63) is 59.7 Å². The van der Waals surface area contributed by atoms with Gasteiger partial charge >= 0.3 is 0 Å². The van der Waals surface area contributed by atoms with Crippen LogP contribution in [0, 0.1) is 0 Å². The molecule has 2 heteroatoms. The highest BCUT2D eigenvalue weighted by Gasteiger charge is 2.24. The fourth-order valence-corrected chi connectivity index (χ4v) is 3.56. The van der Waals surface area contributed by atoms with Crippen LogP contribution in [0.2, 0.25) is 0 Å². The second-order valence-corrected chi connectivity index (χ2v) is 6.69. The fraction of sp³-hybridized carbons (Fsp3) is 0.455. The predicted octanol–water partition coefficient (Wildman–Crippen LogP) is 6.35. The Balaban J connectivity index is 2.39. The molecule has 0 aliphatic carbocycles. The molecule has 0 saturated carbocycles. The summed E-state index contributed by atoms with van der Waals surface area (Å²) in [5, 5.41) is 19.8. The lowest BCUT2D eigenvalue weighted by molar-refractivity contribution is 0.438. The van der Waals surface area contributed by atoms with E-state index in [1.54, 1.807) is 12.1 Å². The van der Waals surface area contributed by atoms with Crippen molar-refractivity contribution in [3.8, 4) is 11.5 Å². The predicted molar refractivity (Wildman–Crippen MR) is 101 cm³/mol. The summed E-state index contributed by atoms with van der Waals surface area (Å²) in [6, 6.07) is 15.4. The number of rotatable bonds is 9. The Kier molecular flexibility index (Phi) is 7.17. The number of phenolic OH excluding ortho intramolecular Hbond substituents is 2. The lowest BCUT2D eigenvalue weighted by Crippen LogP contribution is -2.12. The van der Waals surface area contributed by atoms with Gasteiger partial charge in [-0.2, -0.15) is 0 Å². The van der Waals surface area contributed by atoms with Crippen molar-refractivity contribution < 1.29 is 10.2 Å². The normalized spacial score (nSPS) is 13.6. The van der Waals surface area contributed by atoms with Crippen LogP contribution in [-0.4, -0.2) is 10.2 Å². The van der Waals surface area contributed by atoms with E-state index in [0.717, 1.165) is 25.7 Å². The summed E-state index contributed by atoms with van der Waals surface area (Å²) in [7, 11) is 0. The van der Waals surface area contributed by atoms with Crippen LogP contribution in [0.25, 0.3) is 0 Å². The average Bonchev–Trinajstić information content (AvgIpc) is 2.58. The summed E-state index contributed by atoms with van der Waals surface area (Å²) in [4.78, 5) is 0.